The summed E-state index contributed by atoms with van der Waals surface area (Å²) in [5.41, 5.74) is 0.732. The molecule has 0 fully saturated rings. The second kappa shape index (κ2) is 7.93. The van der Waals surface area contributed by atoms with Gasteiger partial charge in [-0.05, 0) is 26.0 Å². The van der Waals surface area contributed by atoms with E-state index < -0.39 is 0 Å². The lowest BCUT2D eigenvalue weighted by atomic mass is 10.1. The van der Waals surface area contributed by atoms with Crippen molar-refractivity contribution in [1.82, 2.24) is 9.88 Å². The first kappa shape index (κ1) is 15.7. The Morgan fingerprint density at radius 1 is 1.60 bits per heavy atom. The van der Waals surface area contributed by atoms with E-state index in [9.17, 15) is 4.79 Å². The molecule has 0 saturated heterocycles. The smallest absolute Gasteiger partial charge is 0.273 e. The monoisotopic (exact) mass is 271 g/mol. The molecule has 20 heavy (non-hydrogen) atoms. The fraction of sp³-hybridized carbons (Fsp3) is 0.400. The molecule has 0 saturated carbocycles. The van der Waals surface area contributed by atoms with E-state index in [1.165, 1.54) is 6.20 Å². The van der Waals surface area contributed by atoms with Crippen LogP contribution >= 0.6 is 0 Å². The van der Waals surface area contributed by atoms with Gasteiger partial charge in [0.2, 0.25) is 0 Å². The van der Waals surface area contributed by atoms with Crippen LogP contribution in [0, 0.1) is 29.1 Å². The van der Waals surface area contributed by atoms with Gasteiger partial charge in [-0.1, -0.05) is 11.8 Å². The number of hydrogen-bond acceptors (Lipinski definition) is 4. The highest BCUT2D eigenvalue weighted by Gasteiger charge is 2.20. The third kappa shape index (κ3) is 4.08. The number of nitriles is 1. The van der Waals surface area contributed by atoms with Crippen LogP contribution in [0.3, 0.4) is 0 Å². The number of pyridine rings is 1. The van der Waals surface area contributed by atoms with Gasteiger partial charge in [-0.25, -0.2) is 4.98 Å². The van der Waals surface area contributed by atoms with Crippen molar-refractivity contribution in [3.63, 3.8) is 0 Å². The molecule has 5 nitrogen and oxygen atoms in total. The molecule has 1 atom stereocenters. The van der Waals surface area contributed by atoms with Crippen molar-refractivity contribution in [3.8, 4) is 17.9 Å². The summed E-state index contributed by atoms with van der Waals surface area (Å²) >= 11 is 0. The molecule has 0 bridgehead atoms. The molecule has 0 aliphatic rings. The summed E-state index contributed by atoms with van der Waals surface area (Å²) < 4.78 is 0. The van der Waals surface area contributed by atoms with E-state index >= 15 is 0 Å². The summed E-state index contributed by atoms with van der Waals surface area (Å²) in [5, 5.41) is 17.6. The first-order chi connectivity index (χ1) is 9.63. The Labute approximate surface area is 118 Å². The third-order valence-electron chi connectivity index (χ3n) is 2.70. The quantitative estimate of drug-likeness (QED) is 0.830. The largest absolute Gasteiger partial charge is 0.384 e. The van der Waals surface area contributed by atoms with Gasteiger partial charge in [-0.2, -0.15) is 5.26 Å². The van der Waals surface area contributed by atoms with Crippen LogP contribution in [0.5, 0.6) is 0 Å². The van der Waals surface area contributed by atoms with Crippen LogP contribution in [-0.2, 0) is 0 Å². The highest BCUT2D eigenvalue weighted by molar-refractivity contribution is 5.94. The van der Waals surface area contributed by atoms with E-state index in [2.05, 4.69) is 22.9 Å². The zero-order valence-electron chi connectivity index (χ0n) is 11.6. The SMILES string of the molecule is CCN(CC(C)C#N)C(=O)c1ncccc1C#CCO. The van der Waals surface area contributed by atoms with Gasteiger partial charge in [0.15, 0.2) is 0 Å². The molecule has 0 aliphatic carbocycles. The Morgan fingerprint density at radius 2 is 2.35 bits per heavy atom. The van der Waals surface area contributed by atoms with Crippen molar-refractivity contribution in [2.75, 3.05) is 19.7 Å². The molecule has 1 aromatic heterocycles. The zero-order chi connectivity index (χ0) is 15.0. The van der Waals surface area contributed by atoms with Crippen molar-refractivity contribution >= 4 is 5.91 Å². The number of carbonyl (C=O) groups is 1. The van der Waals surface area contributed by atoms with Gasteiger partial charge >= 0.3 is 0 Å². The third-order valence-corrected chi connectivity index (χ3v) is 2.70. The average molecular weight is 271 g/mol. The molecule has 1 unspecified atom stereocenters. The molecule has 1 amide bonds. The number of aliphatic hydroxyl groups excluding tert-OH is 1. The number of rotatable bonds is 4. The van der Waals surface area contributed by atoms with E-state index in [1.54, 1.807) is 24.0 Å². The predicted octanol–water partition coefficient (Wildman–Crippen LogP) is 1.05. The predicted molar refractivity (Wildman–Crippen MR) is 74.6 cm³/mol. The minimum atomic E-state index is -0.272. The molecule has 0 radical (unpaired) electrons. The highest BCUT2D eigenvalue weighted by atomic mass is 16.2. The Kier molecular flexibility index (Phi) is 6.22. The summed E-state index contributed by atoms with van der Waals surface area (Å²) in [7, 11) is 0. The fourth-order valence-corrected chi connectivity index (χ4v) is 1.69. The van der Waals surface area contributed by atoms with Gasteiger partial charge in [0, 0.05) is 19.3 Å². The molecule has 0 aliphatic heterocycles. The Morgan fingerprint density at radius 3 is 2.95 bits per heavy atom. The summed E-state index contributed by atoms with van der Waals surface area (Å²) in [5.74, 6) is 4.73. The molecule has 1 heterocycles. The van der Waals surface area contributed by atoms with E-state index in [0.29, 0.717) is 18.7 Å². The maximum Gasteiger partial charge on any atom is 0.273 e. The maximum atomic E-state index is 12.4. The summed E-state index contributed by atoms with van der Waals surface area (Å²) in [6.45, 7) is 4.19. The second-order valence-corrected chi connectivity index (χ2v) is 4.23. The van der Waals surface area contributed by atoms with Gasteiger partial charge in [0.1, 0.15) is 12.3 Å². The molecule has 1 rings (SSSR count). The van der Waals surface area contributed by atoms with Gasteiger partial charge in [0.25, 0.3) is 5.91 Å². The summed E-state index contributed by atoms with van der Waals surface area (Å²) in [4.78, 5) is 18.1. The van der Waals surface area contributed by atoms with Gasteiger partial charge in [-0.3, -0.25) is 4.79 Å². The normalized spacial score (nSPS) is 10.9. The maximum absolute atomic E-state index is 12.4. The summed E-state index contributed by atoms with van der Waals surface area (Å²) in [6, 6.07) is 5.48. The zero-order valence-corrected chi connectivity index (χ0v) is 11.6. The van der Waals surface area contributed by atoms with Gasteiger partial charge in [0.05, 0.1) is 17.6 Å². The minimum absolute atomic E-state index is 0.241. The first-order valence-corrected chi connectivity index (χ1v) is 6.37. The Hall–Kier alpha value is -2.37. The van der Waals surface area contributed by atoms with E-state index in [1.807, 2.05) is 6.92 Å². The molecule has 104 valence electrons. The number of carbonyl (C=O) groups excluding carboxylic acids is 1. The fourth-order valence-electron chi connectivity index (χ4n) is 1.69. The Bertz CT molecular complexity index is 566. The molecule has 1 aromatic rings. The molecule has 1 N–H and O–H groups in total. The van der Waals surface area contributed by atoms with Crippen molar-refractivity contribution in [2.45, 2.75) is 13.8 Å². The lowest BCUT2D eigenvalue weighted by Gasteiger charge is -2.21. The van der Waals surface area contributed by atoms with E-state index in [4.69, 9.17) is 10.4 Å². The first-order valence-electron chi connectivity index (χ1n) is 6.37. The number of aliphatic hydroxyl groups is 1. The number of hydrogen-bond donors (Lipinski definition) is 1. The minimum Gasteiger partial charge on any atom is -0.384 e. The van der Waals surface area contributed by atoms with Crippen molar-refractivity contribution < 1.29 is 9.90 Å². The van der Waals surface area contributed by atoms with Gasteiger partial charge < -0.3 is 10.0 Å². The van der Waals surface area contributed by atoms with Crippen LogP contribution in [0.4, 0.5) is 0 Å². The number of aromatic nitrogens is 1. The topological polar surface area (TPSA) is 77.2 Å². The van der Waals surface area contributed by atoms with Crippen LogP contribution in [0.15, 0.2) is 18.3 Å². The molecule has 0 aromatic carbocycles. The van der Waals surface area contributed by atoms with Crippen LogP contribution < -0.4 is 0 Å². The van der Waals surface area contributed by atoms with Crippen molar-refractivity contribution in [1.29, 1.82) is 5.26 Å². The van der Waals surface area contributed by atoms with Crippen LogP contribution in [-0.4, -0.2) is 40.6 Å². The van der Waals surface area contributed by atoms with Gasteiger partial charge in [-0.15, -0.1) is 0 Å². The van der Waals surface area contributed by atoms with Crippen molar-refractivity contribution in [2.24, 2.45) is 5.92 Å². The molecular weight excluding hydrogens is 254 g/mol. The lowest BCUT2D eigenvalue weighted by Crippen LogP contribution is -2.35. The lowest BCUT2D eigenvalue weighted by molar-refractivity contribution is 0.0746. The summed E-state index contributed by atoms with van der Waals surface area (Å²) in [6.07, 6.45) is 1.53. The number of nitrogens with zero attached hydrogens (tertiary/aromatic N) is 3. The number of amides is 1. The van der Waals surface area contributed by atoms with E-state index in [-0.39, 0.29) is 24.1 Å². The second-order valence-electron chi connectivity index (χ2n) is 4.23. The molecule has 0 spiro atoms. The molecule has 5 heteroatoms. The Balaban J connectivity index is 3.04. The highest BCUT2D eigenvalue weighted by Crippen LogP contribution is 2.09. The molecular formula is C15H17N3O2. The van der Waals surface area contributed by atoms with Crippen LogP contribution in [0.25, 0.3) is 0 Å². The van der Waals surface area contributed by atoms with E-state index in [0.717, 1.165) is 0 Å². The van der Waals surface area contributed by atoms with Crippen LogP contribution in [0.1, 0.15) is 29.9 Å². The van der Waals surface area contributed by atoms with Crippen molar-refractivity contribution in [3.05, 3.63) is 29.6 Å². The standard InChI is InChI=1S/C15H17N3O2/c1-3-18(11-12(2)10-16)15(20)14-13(7-5-9-19)6-4-8-17-14/h4,6,8,12,19H,3,9,11H2,1-2H3. The average Bonchev–Trinajstić information content (AvgIpc) is 2.49. The van der Waals surface area contributed by atoms with Crippen LogP contribution in [0.2, 0.25) is 0 Å².